The third kappa shape index (κ3) is 2.86. The average molecular weight is 268 g/mol. The van der Waals surface area contributed by atoms with Crippen molar-refractivity contribution in [2.75, 3.05) is 0 Å². The predicted molar refractivity (Wildman–Crippen MR) is 59.0 cm³/mol. The molecule has 0 aliphatic heterocycles. The summed E-state index contributed by atoms with van der Waals surface area (Å²) in [4.78, 5) is 43.8. The van der Waals surface area contributed by atoms with E-state index in [-0.39, 0.29) is 5.56 Å². The summed E-state index contributed by atoms with van der Waals surface area (Å²) in [6.45, 7) is 1.06. The molecular formula is C11H8O8. The average Bonchev–Trinajstić information content (AvgIpc) is 2.26. The molecule has 0 atom stereocenters. The van der Waals surface area contributed by atoms with Crippen molar-refractivity contribution in [2.24, 2.45) is 0 Å². The van der Waals surface area contributed by atoms with Gasteiger partial charge in [0, 0.05) is 5.56 Å². The van der Waals surface area contributed by atoms with E-state index < -0.39 is 40.8 Å². The fourth-order valence-corrected chi connectivity index (χ4v) is 1.45. The number of benzene rings is 1. The number of Topliss-reactive ketones (excluding diaryl/α,β-unsaturated/α-hetero) is 1. The number of carboxylic acid groups (broad SMARTS) is 3. The molecule has 0 aliphatic rings. The molecule has 1 aromatic carbocycles. The van der Waals surface area contributed by atoms with Crippen LogP contribution in [0.4, 0.5) is 4.79 Å². The van der Waals surface area contributed by atoms with Crippen molar-refractivity contribution in [3.05, 3.63) is 28.8 Å². The van der Waals surface area contributed by atoms with E-state index in [4.69, 9.17) is 15.3 Å². The van der Waals surface area contributed by atoms with E-state index >= 15 is 0 Å². The molecule has 0 heterocycles. The Morgan fingerprint density at radius 2 is 1.47 bits per heavy atom. The van der Waals surface area contributed by atoms with Crippen molar-refractivity contribution in [3.63, 3.8) is 0 Å². The van der Waals surface area contributed by atoms with E-state index in [1.165, 1.54) is 0 Å². The second kappa shape index (κ2) is 5.17. The van der Waals surface area contributed by atoms with E-state index in [1.54, 1.807) is 0 Å². The normalized spacial score (nSPS) is 9.74. The van der Waals surface area contributed by atoms with E-state index in [2.05, 4.69) is 4.74 Å². The maximum Gasteiger partial charge on any atom is 0.511 e. The van der Waals surface area contributed by atoms with Gasteiger partial charge in [0.25, 0.3) is 0 Å². The minimum absolute atomic E-state index is 0.339. The second-order valence-electron chi connectivity index (χ2n) is 3.40. The summed E-state index contributed by atoms with van der Waals surface area (Å²) in [5, 5.41) is 26.4. The van der Waals surface area contributed by atoms with Gasteiger partial charge < -0.3 is 20.1 Å². The largest absolute Gasteiger partial charge is 0.511 e. The van der Waals surface area contributed by atoms with Gasteiger partial charge in [-0.25, -0.2) is 14.4 Å². The Hall–Kier alpha value is -2.90. The summed E-state index contributed by atoms with van der Waals surface area (Å²) >= 11 is 0. The minimum atomic E-state index is -1.88. The molecule has 0 saturated carbocycles. The van der Waals surface area contributed by atoms with Crippen LogP contribution in [0.2, 0.25) is 0 Å². The van der Waals surface area contributed by atoms with Gasteiger partial charge >= 0.3 is 18.1 Å². The standard InChI is InChI=1S/C11H8O8/c1-4(12)5-2-3-6(9(13)14)8(19-11(17)18)7(5)10(15)16/h2-3H,1H3,(H,13,14)(H,15,16)(H,17,18). The van der Waals surface area contributed by atoms with Crippen LogP contribution in [0.15, 0.2) is 12.1 Å². The maximum absolute atomic E-state index is 11.3. The predicted octanol–water partition coefficient (Wildman–Crippen LogP) is 1.34. The summed E-state index contributed by atoms with van der Waals surface area (Å²) in [7, 11) is 0. The number of hydrogen-bond donors (Lipinski definition) is 3. The molecule has 0 saturated heterocycles. The summed E-state index contributed by atoms with van der Waals surface area (Å²) in [5.74, 6) is -4.79. The van der Waals surface area contributed by atoms with Crippen LogP contribution >= 0.6 is 0 Å². The van der Waals surface area contributed by atoms with Crippen LogP contribution in [0, 0.1) is 0 Å². The molecule has 0 unspecified atom stereocenters. The Kier molecular flexibility index (Phi) is 3.85. The SMILES string of the molecule is CC(=O)c1ccc(C(=O)O)c(OC(=O)O)c1C(=O)O. The lowest BCUT2D eigenvalue weighted by molar-refractivity contribution is 0.0685. The van der Waals surface area contributed by atoms with Gasteiger partial charge in [-0.3, -0.25) is 4.79 Å². The number of aromatic carboxylic acids is 2. The lowest BCUT2D eigenvalue weighted by Gasteiger charge is -2.11. The molecule has 0 aliphatic carbocycles. The summed E-state index contributed by atoms with van der Waals surface area (Å²) < 4.78 is 4.19. The van der Waals surface area contributed by atoms with Crippen LogP contribution in [0.3, 0.4) is 0 Å². The van der Waals surface area contributed by atoms with Crippen LogP contribution in [-0.2, 0) is 0 Å². The molecule has 8 nitrogen and oxygen atoms in total. The highest BCUT2D eigenvalue weighted by molar-refractivity contribution is 6.09. The zero-order chi connectivity index (χ0) is 14.7. The molecule has 3 N–H and O–H groups in total. The Labute approximate surface area is 105 Å². The summed E-state index contributed by atoms with van der Waals surface area (Å²) in [6, 6.07) is 1.90. The molecule has 100 valence electrons. The van der Waals surface area contributed by atoms with E-state index in [9.17, 15) is 19.2 Å². The molecule has 0 fully saturated rings. The first-order valence-electron chi connectivity index (χ1n) is 4.81. The fraction of sp³-hybridized carbons (Fsp3) is 0.0909. The Balaban J connectivity index is 3.70. The second-order valence-corrected chi connectivity index (χ2v) is 3.40. The molecule has 0 spiro atoms. The van der Waals surface area contributed by atoms with Crippen LogP contribution in [0.25, 0.3) is 0 Å². The monoisotopic (exact) mass is 268 g/mol. The number of rotatable bonds is 4. The van der Waals surface area contributed by atoms with Gasteiger partial charge in [0.2, 0.25) is 0 Å². The highest BCUT2D eigenvalue weighted by Gasteiger charge is 2.27. The number of carbonyl (C=O) groups excluding carboxylic acids is 1. The van der Waals surface area contributed by atoms with E-state index in [0.29, 0.717) is 0 Å². The number of carboxylic acids is 2. The molecule has 19 heavy (non-hydrogen) atoms. The van der Waals surface area contributed by atoms with Gasteiger partial charge in [-0.2, -0.15) is 0 Å². The van der Waals surface area contributed by atoms with E-state index in [1.807, 2.05) is 0 Å². The number of ether oxygens (including phenoxy) is 1. The molecule has 0 radical (unpaired) electrons. The van der Waals surface area contributed by atoms with Gasteiger partial charge in [-0.05, 0) is 19.1 Å². The van der Waals surface area contributed by atoms with Gasteiger partial charge in [-0.15, -0.1) is 0 Å². The van der Waals surface area contributed by atoms with Crippen LogP contribution in [0.1, 0.15) is 38.0 Å². The van der Waals surface area contributed by atoms with Crippen molar-refractivity contribution < 1.29 is 39.2 Å². The van der Waals surface area contributed by atoms with Crippen molar-refractivity contribution in [1.82, 2.24) is 0 Å². The molecule has 0 aromatic heterocycles. The van der Waals surface area contributed by atoms with Crippen LogP contribution in [0.5, 0.6) is 5.75 Å². The summed E-state index contributed by atoms with van der Waals surface area (Å²) in [5.41, 5.74) is -1.80. The quantitative estimate of drug-likeness (QED) is 0.422. The number of ketones is 1. The van der Waals surface area contributed by atoms with Gasteiger partial charge in [0.05, 0.1) is 0 Å². The lowest BCUT2D eigenvalue weighted by atomic mass is 9.99. The van der Waals surface area contributed by atoms with Gasteiger partial charge in [0.1, 0.15) is 11.1 Å². The summed E-state index contributed by atoms with van der Waals surface area (Å²) in [6.07, 6.45) is -1.88. The third-order valence-electron chi connectivity index (χ3n) is 2.17. The zero-order valence-corrected chi connectivity index (χ0v) is 9.54. The zero-order valence-electron chi connectivity index (χ0n) is 9.54. The Bertz CT molecular complexity index is 587. The number of carbonyl (C=O) groups is 4. The van der Waals surface area contributed by atoms with Crippen molar-refractivity contribution in [3.8, 4) is 5.75 Å². The van der Waals surface area contributed by atoms with Gasteiger partial charge in [0.15, 0.2) is 11.5 Å². The highest BCUT2D eigenvalue weighted by Crippen LogP contribution is 2.28. The molecule has 1 aromatic rings. The molecule has 1 rings (SSSR count). The Morgan fingerprint density at radius 3 is 1.84 bits per heavy atom. The molecule has 0 amide bonds. The first kappa shape index (κ1) is 14.2. The first-order valence-corrected chi connectivity index (χ1v) is 4.81. The minimum Gasteiger partial charge on any atom is -0.478 e. The topological polar surface area (TPSA) is 138 Å². The lowest BCUT2D eigenvalue weighted by Crippen LogP contribution is -2.16. The third-order valence-corrected chi connectivity index (χ3v) is 2.17. The highest BCUT2D eigenvalue weighted by atomic mass is 16.7. The van der Waals surface area contributed by atoms with Crippen molar-refractivity contribution >= 4 is 23.9 Å². The smallest absolute Gasteiger partial charge is 0.478 e. The fourth-order valence-electron chi connectivity index (χ4n) is 1.45. The first-order chi connectivity index (χ1) is 8.75. The number of hydrogen-bond acceptors (Lipinski definition) is 5. The Morgan fingerprint density at radius 1 is 0.947 bits per heavy atom. The van der Waals surface area contributed by atoms with Crippen molar-refractivity contribution in [1.29, 1.82) is 0 Å². The molecular weight excluding hydrogens is 260 g/mol. The van der Waals surface area contributed by atoms with Crippen LogP contribution in [-0.4, -0.2) is 39.2 Å². The van der Waals surface area contributed by atoms with Gasteiger partial charge in [-0.1, -0.05) is 0 Å². The van der Waals surface area contributed by atoms with Crippen LogP contribution < -0.4 is 4.74 Å². The molecule has 0 bridgehead atoms. The van der Waals surface area contributed by atoms with E-state index in [0.717, 1.165) is 19.1 Å². The van der Waals surface area contributed by atoms with Crippen molar-refractivity contribution in [2.45, 2.75) is 6.92 Å². The molecule has 8 heteroatoms. The maximum atomic E-state index is 11.3.